The average molecular weight is 401 g/mol. The zero-order valence-corrected chi connectivity index (χ0v) is 17.3. The molecule has 0 N–H and O–H groups in total. The number of aromatic nitrogens is 2. The van der Waals surface area contributed by atoms with E-state index < -0.39 is 5.54 Å². The van der Waals surface area contributed by atoms with Gasteiger partial charge in [0.2, 0.25) is 5.91 Å². The summed E-state index contributed by atoms with van der Waals surface area (Å²) in [7, 11) is 1.79. The van der Waals surface area contributed by atoms with Crippen LogP contribution in [0.3, 0.4) is 0 Å². The molecule has 0 aliphatic heterocycles. The first kappa shape index (κ1) is 18.7. The molecule has 0 atom stereocenters. The summed E-state index contributed by atoms with van der Waals surface area (Å²) < 4.78 is 0. The summed E-state index contributed by atoms with van der Waals surface area (Å²) in [6.07, 6.45) is 11.0. The maximum atomic E-state index is 12.9. The SMILES string of the molecule is CN(C(=O)CSc1ncnc2sc3c(c12)CCCC3)C1(C#N)CCCCC1. The van der Waals surface area contributed by atoms with Crippen molar-refractivity contribution in [3.8, 4) is 6.07 Å². The van der Waals surface area contributed by atoms with Crippen LogP contribution >= 0.6 is 23.1 Å². The number of nitrogens with zero attached hydrogens (tertiary/aromatic N) is 4. The van der Waals surface area contributed by atoms with Crippen LogP contribution in [0.1, 0.15) is 55.4 Å². The molecule has 2 aliphatic rings. The Morgan fingerprint density at radius 1 is 1.26 bits per heavy atom. The minimum absolute atomic E-state index is 0.0132. The molecule has 27 heavy (non-hydrogen) atoms. The molecule has 1 fully saturated rings. The second-order valence-electron chi connectivity index (χ2n) is 7.52. The van der Waals surface area contributed by atoms with Crippen LogP contribution in [0.15, 0.2) is 11.4 Å². The zero-order valence-electron chi connectivity index (χ0n) is 15.7. The van der Waals surface area contributed by atoms with Crippen molar-refractivity contribution in [2.24, 2.45) is 0 Å². The molecule has 4 rings (SSSR count). The second-order valence-corrected chi connectivity index (χ2v) is 9.56. The molecule has 1 saturated carbocycles. The monoisotopic (exact) mass is 400 g/mol. The van der Waals surface area contributed by atoms with Crippen molar-refractivity contribution in [3.05, 3.63) is 16.8 Å². The molecular formula is C20H24N4OS2. The zero-order chi connectivity index (χ0) is 18.9. The number of fused-ring (bicyclic) bond motifs is 3. The summed E-state index contributed by atoms with van der Waals surface area (Å²) in [5.41, 5.74) is 0.768. The van der Waals surface area contributed by atoms with Crippen LogP contribution in [0.5, 0.6) is 0 Å². The minimum Gasteiger partial charge on any atom is -0.326 e. The van der Waals surface area contributed by atoms with Gasteiger partial charge in [-0.25, -0.2) is 9.97 Å². The van der Waals surface area contributed by atoms with E-state index in [4.69, 9.17) is 0 Å². The molecule has 2 aromatic rings. The van der Waals surface area contributed by atoms with Gasteiger partial charge in [0.05, 0.1) is 11.8 Å². The number of carbonyl (C=O) groups excluding carboxylic acids is 1. The number of hydrogen-bond acceptors (Lipinski definition) is 6. The van der Waals surface area contributed by atoms with Gasteiger partial charge in [0.15, 0.2) is 0 Å². The summed E-state index contributed by atoms with van der Waals surface area (Å²) in [6, 6.07) is 2.43. The van der Waals surface area contributed by atoms with Gasteiger partial charge in [-0.15, -0.1) is 11.3 Å². The molecule has 0 aromatic carbocycles. The Morgan fingerprint density at radius 3 is 2.81 bits per heavy atom. The van der Waals surface area contributed by atoms with Crippen molar-refractivity contribution in [1.82, 2.24) is 14.9 Å². The van der Waals surface area contributed by atoms with Crippen molar-refractivity contribution < 1.29 is 4.79 Å². The topological polar surface area (TPSA) is 69.9 Å². The van der Waals surface area contributed by atoms with E-state index in [1.165, 1.54) is 35.0 Å². The Labute approximate surface area is 168 Å². The van der Waals surface area contributed by atoms with Crippen LogP contribution in [-0.2, 0) is 17.6 Å². The summed E-state index contributed by atoms with van der Waals surface area (Å²) in [5.74, 6) is 0.329. The van der Waals surface area contributed by atoms with Crippen LogP contribution in [0.2, 0.25) is 0 Å². The lowest BCUT2D eigenvalue weighted by atomic mass is 9.81. The molecule has 2 aromatic heterocycles. The van der Waals surface area contributed by atoms with Gasteiger partial charge < -0.3 is 4.90 Å². The van der Waals surface area contributed by atoms with E-state index in [0.717, 1.165) is 60.2 Å². The van der Waals surface area contributed by atoms with Gasteiger partial charge in [-0.2, -0.15) is 5.26 Å². The molecule has 0 radical (unpaired) electrons. The number of amides is 1. The molecular weight excluding hydrogens is 376 g/mol. The van der Waals surface area contributed by atoms with Crippen molar-refractivity contribution in [2.45, 2.75) is 68.4 Å². The van der Waals surface area contributed by atoms with E-state index in [9.17, 15) is 10.1 Å². The lowest BCUT2D eigenvalue weighted by Gasteiger charge is -2.39. The molecule has 0 spiro atoms. The quantitative estimate of drug-likeness (QED) is 0.564. The number of aryl methyl sites for hydroxylation is 2. The highest BCUT2D eigenvalue weighted by Crippen LogP contribution is 2.39. The highest BCUT2D eigenvalue weighted by Gasteiger charge is 2.38. The highest BCUT2D eigenvalue weighted by atomic mass is 32.2. The third-order valence-corrected chi connectivity index (χ3v) is 8.13. The fourth-order valence-corrected chi connectivity index (χ4v) is 6.53. The summed E-state index contributed by atoms with van der Waals surface area (Å²) in [4.78, 5) is 26.0. The molecule has 0 unspecified atom stereocenters. The smallest absolute Gasteiger partial charge is 0.234 e. The van der Waals surface area contributed by atoms with E-state index >= 15 is 0 Å². The number of thioether (sulfide) groups is 1. The van der Waals surface area contributed by atoms with Crippen LogP contribution in [0.25, 0.3) is 10.2 Å². The van der Waals surface area contributed by atoms with E-state index in [1.54, 1.807) is 29.6 Å². The van der Waals surface area contributed by atoms with Crippen LogP contribution in [-0.4, -0.2) is 39.1 Å². The van der Waals surface area contributed by atoms with Crippen LogP contribution in [0, 0.1) is 11.3 Å². The first-order valence-electron chi connectivity index (χ1n) is 9.70. The van der Waals surface area contributed by atoms with Gasteiger partial charge in [-0.1, -0.05) is 31.0 Å². The number of carbonyl (C=O) groups is 1. The van der Waals surface area contributed by atoms with Crippen molar-refractivity contribution >= 4 is 39.2 Å². The lowest BCUT2D eigenvalue weighted by Crippen LogP contribution is -2.50. The van der Waals surface area contributed by atoms with Crippen LogP contribution < -0.4 is 0 Å². The largest absolute Gasteiger partial charge is 0.326 e. The maximum Gasteiger partial charge on any atom is 0.234 e. The average Bonchev–Trinajstić information content (AvgIpc) is 3.11. The molecule has 0 saturated heterocycles. The van der Waals surface area contributed by atoms with Gasteiger partial charge in [-0.05, 0) is 44.1 Å². The van der Waals surface area contributed by atoms with Crippen molar-refractivity contribution in [3.63, 3.8) is 0 Å². The number of hydrogen-bond donors (Lipinski definition) is 0. The normalized spacial score (nSPS) is 18.7. The predicted octanol–water partition coefficient (Wildman–Crippen LogP) is 4.35. The number of thiophene rings is 1. The minimum atomic E-state index is -0.627. The molecule has 5 nitrogen and oxygen atoms in total. The molecule has 1 amide bonds. The third kappa shape index (κ3) is 3.45. The van der Waals surface area contributed by atoms with Gasteiger partial charge in [0.1, 0.15) is 21.7 Å². The molecule has 2 aliphatic carbocycles. The Kier molecular flexibility index (Phi) is 5.38. The molecule has 0 bridgehead atoms. The van der Waals surface area contributed by atoms with Gasteiger partial charge in [0.25, 0.3) is 0 Å². The van der Waals surface area contributed by atoms with Gasteiger partial charge in [0, 0.05) is 17.3 Å². The summed E-state index contributed by atoms with van der Waals surface area (Å²) >= 11 is 3.27. The van der Waals surface area contributed by atoms with E-state index in [0.29, 0.717) is 5.75 Å². The Balaban J connectivity index is 1.52. The molecule has 2 heterocycles. The second kappa shape index (κ2) is 7.76. The number of rotatable bonds is 4. The summed E-state index contributed by atoms with van der Waals surface area (Å²) in [5, 5.41) is 11.8. The van der Waals surface area contributed by atoms with Crippen molar-refractivity contribution in [1.29, 1.82) is 5.26 Å². The van der Waals surface area contributed by atoms with Gasteiger partial charge >= 0.3 is 0 Å². The maximum absolute atomic E-state index is 12.9. The lowest BCUT2D eigenvalue weighted by molar-refractivity contribution is -0.131. The van der Waals surface area contributed by atoms with Crippen molar-refractivity contribution in [2.75, 3.05) is 12.8 Å². The van der Waals surface area contributed by atoms with E-state index in [1.807, 2.05) is 0 Å². The van der Waals surface area contributed by atoms with Gasteiger partial charge in [-0.3, -0.25) is 4.79 Å². The third-order valence-electron chi connectivity index (χ3n) is 5.95. The Bertz CT molecular complexity index is 895. The Hall–Kier alpha value is -1.65. The predicted molar refractivity (Wildman–Crippen MR) is 109 cm³/mol. The summed E-state index contributed by atoms with van der Waals surface area (Å²) in [6.45, 7) is 0. The standard InChI is InChI=1S/C20H24N4OS2/c1-24(20(12-21)9-5-2-6-10-20)16(25)11-26-18-17-14-7-3-4-8-15(14)27-19(17)23-13-22-18/h13H,2-11H2,1H3. The molecule has 7 heteroatoms. The highest BCUT2D eigenvalue weighted by molar-refractivity contribution is 8.00. The fourth-order valence-electron chi connectivity index (χ4n) is 4.30. The van der Waals surface area contributed by atoms with E-state index in [-0.39, 0.29) is 5.91 Å². The fraction of sp³-hybridized carbons (Fsp3) is 0.600. The number of nitriles is 1. The van der Waals surface area contributed by atoms with E-state index in [2.05, 4.69) is 16.0 Å². The molecule has 142 valence electrons. The van der Waals surface area contributed by atoms with Crippen LogP contribution in [0.4, 0.5) is 0 Å². The first-order chi connectivity index (χ1) is 13.1. The Morgan fingerprint density at radius 2 is 2.04 bits per heavy atom. The first-order valence-corrected chi connectivity index (χ1v) is 11.5.